The van der Waals surface area contributed by atoms with Gasteiger partial charge in [-0.1, -0.05) is 188 Å². The fourth-order valence-corrected chi connectivity index (χ4v) is 12.3. The maximum atomic E-state index is 4.09. The van der Waals surface area contributed by atoms with E-state index in [0.29, 0.717) is 0 Å². The molecule has 1 aromatic heterocycles. The zero-order chi connectivity index (χ0) is 35.9. The molecule has 54 heavy (non-hydrogen) atoms. The second kappa shape index (κ2) is 13.2. The highest BCUT2D eigenvalue weighted by atomic mass is 28.3. The molecule has 0 N–H and O–H groups in total. The minimum absolute atomic E-state index is 1.08. The molecule has 0 aliphatic carbocycles. The van der Waals surface area contributed by atoms with Crippen LogP contribution in [0.3, 0.4) is 0 Å². The largest absolute Gasteiger partial charge is 0.309 e. The van der Waals surface area contributed by atoms with E-state index in [1.54, 1.807) is 0 Å². The summed E-state index contributed by atoms with van der Waals surface area (Å²) in [5.41, 5.74) is 11.2. The summed E-state index contributed by atoms with van der Waals surface area (Å²) in [5, 5.41) is 11.1. The molecule has 9 aromatic carbocycles. The second-order valence-electron chi connectivity index (χ2n) is 13.9. The van der Waals surface area contributed by atoms with Crippen LogP contribution in [-0.2, 0) is 0 Å². The third kappa shape index (κ3) is 5.10. The normalized spacial score (nSPS) is 11.6. The average Bonchev–Trinajstić information content (AvgIpc) is 3.58. The summed E-state index contributed by atoms with van der Waals surface area (Å²) in [6.07, 6.45) is 0. The van der Waals surface area contributed by atoms with E-state index in [9.17, 15) is 0 Å². The smallest absolute Gasteiger partial charge is 0.230 e. The van der Waals surface area contributed by atoms with Crippen LogP contribution in [0.25, 0.3) is 60.2 Å². The molecule has 252 valence electrons. The number of aromatic nitrogens is 1. The third-order valence-electron chi connectivity index (χ3n) is 10.9. The summed E-state index contributed by atoms with van der Waals surface area (Å²) in [6.45, 7) is 0. The van der Waals surface area contributed by atoms with E-state index in [4.69, 9.17) is 0 Å². The molecule has 1 nitrogen and oxygen atoms in total. The number of para-hydroxylation sites is 2. The van der Waals surface area contributed by atoms with Crippen LogP contribution >= 0.6 is 0 Å². The van der Waals surface area contributed by atoms with Gasteiger partial charge < -0.3 is 4.57 Å². The zero-order valence-electron chi connectivity index (χ0n) is 29.7. The molecule has 0 saturated heterocycles. The first kappa shape index (κ1) is 31.8. The average molecular weight is 702 g/mol. The standard InChI is InChI=1S/C52H35NSi/c1-5-19-39(20-6-1)53-50-32-18-17-29-46(50)49-37-38(33-34-51(49)53)52-47-30-15-13-27-43(47)45(44-28-14-16-31-48(44)52)35-36-54(40-21-7-2-8-22-40,41-23-9-3-10-24-41)42-25-11-4-12-26-42/h1-34,37H. The van der Waals surface area contributed by atoms with Crippen LogP contribution < -0.4 is 15.6 Å². The molecule has 0 bridgehead atoms. The molecule has 0 aliphatic heterocycles. The van der Waals surface area contributed by atoms with E-state index >= 15 is 0 Å². The first-order valence-corrected chi connectivity index (χ1v) is 20.5. The molecule has 2 heteroatoms. The lowest BCUT2D eigenvalue weighted by Crippen LogP contribution is -2.66. The fourth-order valence-electron chi connectivity index (χ4n) is 8.49. The van der Waals surface area contributed by atoms with Crippen molar-refractivity contribution in [3.8, 4) is 28.3 Å². The van der Waals surface area contributed by atoms with Gasteiger partial charge in [-0.15, -0.1) is 5.54 Å². The van der Waals surface area contributed by atoms with Crippen LogP contribution in [0.5, 0.6) is 0 Å². The molecule has 0 unspecified atom stereocenters. The lowest BCUT2D eigenvalue weighted by molar-refractivity contribution is 1.18. The summed E-state index contributed by atoms with van der Waals surface area (Å²) in [6, 6.07) is 76.9. The van der Waals surface area contributed by atoms with Gasteiger partial charge in [-0.05, 0) is 78.6 Å². The number of fused-ring (bicyclic) bond motifs is 5. The van der Waals surface area contributed by atoms with E-state index in [-0.39, 0.29) is 0 Å². The number of nitrogens with zero attached hydrogens (tertiary/aromatic N) is 1. The van der Waals surface area contributed by atoms with Gasteiger partial charge in [0.05, 0.1) is 11.0 Å². The number of hydrogen-bond acceptors (Lipinski definition) is 0. The van der Waals surface area contributed by atoms with Crippen LogP contribution in [0.15, 0.2) is 212 Å². The molecule has 0 atom stereocenters. The minimum Gasteiger partial charge on any atom is -0.309 e. The Balaban J connectivity index is 1.25. The summed E-state index contributed by atoms with van der Waals surface area (Å²) in [4.78, 5) is 0. The van der Waals surface area contributed by atoms with E-state index in [1.807, 2.05) is 0 Å². The number of rotatable bonds is 5. The molecule has 10 rings (SSSR count). The van der Waals surface area contributed by atoms with Gasteiger partial charge in [-0.25, -0.2) is 0 Å². The summed E-state index contributed by atoms with van der Waals surface area (Å²) < 4.78 is 2.38. The Kier molecular flexibility index (Phi) is 7.80. The van der Waals surface area contributed by atoms with Gasteiger partial charge in [0.2, 0.25) is 8.07 Å². The molecular weight excluding hydrogens is 667 g/mol. The Labute approximate surface area is 316 Å². The highest BCUT2D eigenvalue weighted by Crippen LogP contribution is 2.41. The van der Waals surface area contributed by atoms with Crippen molar-refractivity contribution in [1.82, 2.24) is 4.57 Å². The molecule has 1 heterocycles. The van der Waals surface area contributed by atoms with Crippen molar-refractivity contribution in [1.29, 1.82) is 0 Å². The van der Waals surface area contributed by atoms with Gasteiger partial charge >= 0.3 is 0 Å². The van der Waals surface area contributed by atoms with Gasteiger partial charge in [-0.3, -0.25) is 0 Å². The SMILES string of the molecule is C(#C[Si](c1ccccc1)(c1ccccc1)c1ccccc1)c1c2ccccc2c(-c2ccc3c(c2)c2ccccc2n3-c2ccccc2)c2ccccc12. The van der Waals surface area contributed by atoms with E-state index in [0.717, 1.165) is 11.3 Å². The van der Waals surface area contributed by atoms with Crippen LogP contribution in [0, 0.1) is 11.5 Å². The van der Waals surface area contributed by atoms with E-state index in [1.165, 1.54) is 70.0 Å². The van der Waals surface area contributed by atoms with Crippen molar-refractivity contribution in [2.24, 2.45) is 0 Å². The highest BCUT2D eigenvalue weighted by molar-refractivity contribution is 7.16. The Morgan fingerprint density at radius 1 is 0.352 bits per heavy atom. The van der Waals surface area contributed by atoms with Crippen LogP contribution in [0.1, 0.15) is 5.56 Å². The van der Waals surface area contributed by atoms with Gasteiger partial charge in [0.1, 0.15) is 0 Å². The Bertz CT molecular complexity index is 2870. The molecule has 10 aromatic rings. The summed E-state index contributed by atoms with van der Waals surface area (Å²) >= 11 is 0. The fraction of sp³-hybridized carbons (Fsp3) is 0. The molecular formula is C52H35NSi. The van der Waals surface area contributed by atoms with Crippen molar-refractivity contribution >= 4 is 67.0 Å². The van der Waals surface area contributed by atoms with Gasteiger partial charge in [0, 0.05) is 22.0 Å². The van der Waals surface area contributed by atoms with Crippen LogP contribution in [0.4, 0.5) is 0 Å². The van der Waals surface area contributed by atoms with Crippen molar-refractivity contribution in [2.75, 3.05) is 0 Å². The molecule has 0 amide bonds. The molecule has 0 aliphatic rings. The maximum Gasteiger partial charge on any atom is 0.230 e. The molecule has 0 spiro atoms. The second-order valence-corrected chi connectivity index (χ2v) is 17.3. The lowest BCUT2D eigenvalue weighted by atomic mass is 9.88. The molecule has 0 radical (unpaired) electrons. The number of benzene rings is 9. The first-order chi connectivity index (χ1) is 26.8. The van der Waals surface area contributed by atoms with Crippen molar-refractivity contribution < 1.29 is 0 Å². The van der Waals surface area contributed by atoms with Crippen LogP contribution in [-0.4, -0.2) is 12.6 Å². The Morgan fingerprint density at radius 3 is 1.31 bits per heavy atom. The predicted octanol–water partition coefficient (Wildman–Crippen LogP) is 10.8. The quantitative estimate of drug-likeness (QED) is 0.0729. The zero-order valence-corrected chi connectivity index (χ0v) is 30.7. The van der Waals surface area contributed by atoms with Crippen molar-refractivity contribution in [2.45, 2.75) is 0 Å². The molecule has 0 saturated carbocycles. The number of hydrogen-bond donors (Lipinski definition) is 0. The van der Waals surface area contributed by atoms with Gasteiger partial charge in [-0.2, -0.15) is 0 Å². The molecule has 0 fully saturated rings. The minimum atomic E-state index is -2.80. The topological polar surface area (TPSA) is 4.93 Å². The Morgan fingerprint density at radius 2 is 0.778 bits per heavy atom. The van der Waals surface area contributed by atoms with Crippen LogP contribution in [0.2, 0.25) is 0 Å². The third-order valence-corrected chi connectivity index (χ3v) is 15.0. The van der Waals surface area contributed by atoms with Crippen molar-refractivity contribution in [3.05, 3.63) is 218 Å². The van der Waals surface area contributed by atoms with E-state index in [2.05, 4.69) is 228 Å². The summed E-state index contributed by atoms with van der Waals surface area (Å²) in [7, 11) is -2.80. The van der Waals surface area contributed by atoms with E-state index < -0.39 is 8.07 Å². The van der Waals surface area contributed by atoms with Crippen molar-refractivity contribution in [3.63, 3.8) is 0 Å². The van der Waals surface area contributed by atoms with Gasteiger partial charge in [0.25, 0.3) is 0 Å². The summed E-state index contributed by atoms with van der Waals surface area (Å²) in [5.74, 6) is 3.93. The highest BCUT2D eigenvalue weighted by Gasteiger charge is 2.38. The maximum absolute atomic E-state index is 4.09. The van der Waals surface area contributed by atoms with Gasteiger partial charge in [0.15, 0.2) is 0 Å². The first-order valence-electron chi connectivity index (χ1n) is 18.5. The lowest BCUT2D eigenvalue weighted by Gasteiger charge is -2.28. The Hall–Kier alpha value is -6.92. The monoisotopic (exact) mass is 701 g/mol. The predicted molar refractivity (Wildman–Crippen MR) is 232 cm³/mol.